The van der Waals surface area contributed by atoms with Crippen molar-refractivity contribution in [2.45, 2.75) is 24.3 Å². The number of hydrogen-bond donors (Lipinski definition) is 0. The Morgan fingerprint density at radius 3 is 2.67 bits per heavy atom. The number of rotatable bonds is 11. The fraction of sp³-hybridized carbons (Fsp3) is 0.273. The molecule has 0 bridgehead atoms. The van der Waals surface area contributed by atoms with Crippen LogP contribution in [-0.2, 0) is 0 Å². The van der Waals surface area contributed by atoms with Crippen molar-refractivity contribution in [3.05, 3.63) is 80.8 Å². The van der Waals surface area contributed by atoms with E-state index in [2.05, 4.69) is 32.7 Å². The second-order valence-corrected chi connectivity index (χ2v) is 8.85. The molecule has 3 rings (SSSR count). The first-order valence-corrected chi connectivity index (χ1v) is 11.7. The molecule has 33 heavy (non-hydrogen) atoms. The van der Waals surface area contributed by atoms with E-state index < -0.39 is 5.25 Å². The molecule has 0 amide bonds. The van der Waals surface area contributed by atoms with Crippen molar-refractivity contribution < 1.29 is 18.8 Å². The molecule has 11 heteroatoms. The third-order valence-electron chi connectivity index (χ3n) is 4.49. The molecule has 0 N–H and O–H groups in total. The number of aryl methyl sites for hydroxylation is 1. The number of aromatic nitrogens is 3. The summed E-state index contributed by atoms with van der Waals surface area (Å²) >= 11 is 4.69. The van der Waals surface area contributed by atoms with Crippen molar-refractivity contribution in [3.8, 4) is 17.2 Å². The highest BCUT2D eigenvalue weighted by Crippen LogP contribution is 2.43. The van der Waals surface area contributed by atoms with Crippen LogP contribution in [0.15, 0.2) is 58.7 Å². The van der Waals surface area contributed by atoms with Gasteiger partial charge in [-0.1, -0.05) is 24.4 Å². The molecule has 0 saturated heterocycles. The van der Waals surface area contributed by atoms with E-state index in [1.54, 1.807) is 41.8 Å². The summed E-state index contributed by atoms with van der Waals surface area (Å²) in [5, 5.41) is 19.7. The number of benzene rings is 2. The fourth-order valence-corrected chi connectivity index (χ4v) is 4.83. The van der Waals surface area contributed by atoms with Gasteiger partial charge in [0.1, 0.15) is 23.5 Å². The maximum Gasteiger partial charge on any atom is 0.220 e. The zero-order valence-electron chi connectivity index (χ0n) is 18.0. The minimum atomic E-state index is -0.605. The molecule has 174 valence electrons. The first-order chi connectivity index (χ1) is 15.8. The van der Waals surface area contributed by atoms with Gasteiger partial charge in [0.15, 0.2) is 16.7 Å². The average Bonchev–Trinajstić information content (AvgIpc) is 3.13. The first kappa shape index (κ1) is 24.7. The van der Waals surface area contributed by atoms with E-state index in [1.807, 2.05) is 6.92 Å². The minimum absolute atomic E-state index is 0.283. The third-order valence-corrected chi connectivity index (χ3v) is 6.26. The number of nitrogens with zero attached hydrogens (tertiary/aromatic N) is 4. The lowest BCUT2D eigenvalue weighted by Gasteiger charge is -2.18. The zero-order chi connectivity index (χ0) is 24.0. The van der Waals surface area contributed by atoms with Gasteiger partial charge >= 0.3 is 0 Å². The molecule has 0 aliphatic heterocycles. The number of halogens is 2. The third kappa shape index (κ3) is 6.11. The number of hydrogen-bond acceptors (Lipinski definition) is 7. The fourth-order valence-electron chi connectivity index (χ4n) is 3.10. The van der Waals surface area contributed by atoms with Crippen molar-refractivity contribution in [2.75, 3.05) is 19.8 Å². The van der Waals surface area contributed by atoms with Gasteiger partial charge in [-0.25, -0.2) is 4.39 Å². The van der Waals surface area contributed by atoms with Gasteiger partial charge in [0.2, 0.25) is 6.54 Å². The van der Waals surface area contributed by atoms with Crippen molar-refractivity contribution >= 4 is 27.7 Å². The smallest absolute Gasteiger partial charge is 0.220 e. The minimum Gasteiger partial charge on any atom is -0.490 e. The molecular formula is C22H22BrFN4O4S. The monoisotopic (exact) mass is 536 g/mol. The second kappa shape index (κ2) is 11.3. The summed E-state index contributed by atoms with van der Waals surface area (Å²) in [6.45, 7) is 7.58. The van der Waals surface area contributed by atoms with Crippen LogP contribution in [0.2, 0.25) is 0 Å². The molecule has 0 aliphatic carbocycles. The lowest BCUT2D eigenvalue weighted by atomic mass is 10.1. The van der Waals surface area contributed by atoms with E-state index >= 15 is 0 Å². The molecular weight excluding hydrogens is 515 g/mol. The number of nitro groups is 1. The predicted molar refractivity (Wildman–Crippen MR) is 128 cm³/mol. The van der Waals surface area contributed by atoms with Gasteiger partial charge in [-0.05, 0) is 71.7 Å². The van der Waals surface area contributed by atoms with Crippen LogP contribution in [0, 0.1) is 22.9 Å². The Balaban J connectivity index is 2.02. The normalized spacial score (nSPS) is 11.8. The summed E-state index contributed by atoms with van der Waals surface area (Å²) in [6.07, 6.45) is 1.62. The molecule has 1 aromatic heterocycles. The highest BCUT2D eigenvalue weighted by Gasteiger charge is 2.26. The zero-order valence-corrected chi connectivity index (χ0v) is 20.4. The van der Waals surface area contributed by atoms with Gasteiger partial charge in [-0.2, -0.15) is 0 Å². The topological polar surface area (TPSA) is 92.3 Å². The molecule has 0 radical (unpaired) electrons. The van der Waals surface area contributed by atoms with Crippen LogP contribution in [0.5, 0.6) is 11.5 Å². The summed E-state index contributed by atoms with van der Waals surface area (Å²) in [4.78, 5) is 11.1. The largest absolute Gasteiger partial charge is 0.490 e. The van der Waals surface area contributed by atoms with Crippen LogP contribution < -0.4 is 9.47 Å². The lowest BCUT2D eigenvalue weighted by molar-refractivity contribution is -0.479. The van der Waals surface area contributed by atoms with Crippen LogP contribution in [0.4, 0.5) is 4.39 Å². The maximum absolute atomic E-state index is 13.4. The second-order valence-electron chi connectivity index (χ2n) is 6.83. The Hall–Kier alpha value is -2.92. The first-order valence-electron chi connectivity index (χ1n) is 10.00. The molecule has 0 unspecified atom stereocenters. The Labute approximate surface area is 203 Å². The molecule has 0 fully saturated rings. The maximum atomic E-state index is 13.4. The summed E-state index contributed by atoms with van der Waals surface area (Å²) in [7, 11) is 0. The van der Waals surface area contributed by atoms with Crippen LogP contribution in [0.3, 0.4) is 0 Å². The number of ether oxygens (including phenoxy) is 2. The molecule has 1 atom stereocenters. The van der Waals surface area contributed by atoms with Crippen molar-refractivity contribution in [1.82, 2.24) is 14.8 Å². The van der Waals surface area contributed by atoms with Gasteiger partial charge in [0.25, 0.3) is 0 Å². The molecule has 1 heterocycles. The van der Waals surface area contributed by atoms with Crippen molar-refractivity contribution in [3.63, 3.8) is 0 Å². The van der Waals surface area contributed by atoms with E-state index in [-0.39, 0.29) is 23.9 Å². The van der Waals surface area contributed by atoms with Crippen molar-refractivity contribution in [2.24, 2.45) is 0 Å². The number of thioether (sulfide) groups is 1. The Morgan fingerprint density at radius 1 is 1.30 bits per heavy atom. The molecule has 0 aliphatic rings. The van der Waals surface area contributed by atoms with Gasteiger partial charge in [0, 0.05) is 10.6 Å². The molecule has 3 aromatic rings. The summed E-state index contributed by atoms with van der Waals surface area (Å²) < 4.78 is 27.2. The van der Waals surface area contributed by atoms with Gasteiger partial charge in [0.05, 0.1) is 11.1 Å². The summed E-state index contributed by atoms with van der Waals surface area (Å²) in [6, 6.07) is 9.39. The SMILES string of the molecule is C=CCOc1c(Br)cc([C@@H](C[N+](=O)[O-])Sc2nnc(C)n2-c2ccc(F)cc2)cc1OCC. The quantitative estimate of drug-likeness (QED) is 0.137. The molecule has 0 spiro atoms. The molecule has 0 saturated carbocycles. The van der Waals surface area contributed by atoms with E-state index in [9.17, 15) is 14.5 Å². The summed E-state index contributed by atoms with van der Waals surface area (Å²) in [5.41, 5.74) is 1.31. The van der Waals surface area contributed by atoms with Crippen LogP contribution in [0.1, 0.15) is 23.6 Å². The van der Waals surface area contributed by atoms with Gasteiger partial charge < -0.3 is 9.47 Å². The highest BCUT2D eigenvalue weighted by molar-refractivity contribution is 9.10. The molecule has 8 nitrogen and oxygen atoms in total. The van der Waals surface area contributed by atoms with Crippen LogP contribution >= 0.6 is 27.7 Å². The Bertz CT molecular complexity index is 1140. The predicted octanol–water partition coefficient (Wildman–Crippen LogP) is 5.55. The van der Waals surface area contributed by atoms with Crippen molar-refractivity contribution in [1.29, 1.82) is 0 Å². The molecule has 2 aromatic carbocycles. The lowest BCUT2D eigenvalue weighted by Crippen LogP contribution is -2.12. The average molecular weight is 537 g/mol. The van der Waals surface area contributed by atoms with Gasteiger partial charge in [-0.3, -0.25) is 14.7 Å². The van der Waals surface area contributed by atoms with Crippen LogP contribution in [0.25, 0.3) is 5.69 Å². The van der Waals surface area contributed by atoms with Crippen LogP contribution in [-0.4, -0.2) is 39.4 Å². The van der Waals surface area contributed by atoms with E-state index in [0.717, 1.165) is 0 Å². The van der Waals surface area contributed by atoms with E-state index in [1.165, 1.54) is 23.9 Å². The van der Waals surface area contributed by atoms with E-state index in [4.69, 9.17) is 9.47 Å². The Kier molecular flexibility index (Phi) is 8.45. The summed E-state index contributed by atoms with van der Waals surface area (Å²) in [5.74, 6) is 1.18. The van der Waals surface area contributed by atoms with Gasteiger partial charge in [-0.15, -0.1) is 10.2 Å². The van der Waals surface area contributed by atoms with E-state index in [0.29, 0.717) is 44.8 Å². The highest BCUT2D eigenvalue weighted by atomic mass is 79.9. The standard InChI is InChI=1S/C22H22BrFN4O4S/c1-4-10-32-21-18(23)11-15(12-19(21)31-5-2)20(13-27(29)30)33-22-26-25-14(3)28(22)17-8-6-16(24)7-9-17/h4,6-9,11-12,20H,1,5,10,13H2,2-3H3/t20-/m1/s1. The Morgan fingerprint density at radius 2 is 2.03 bits per heavy atom.